The lowest BCUT2D eigenvalue weighted by atomic mass is 9.75. The first kappa shape index (κ1) is 14.8. The molecule has 0 spiro atoms. The minimum Gasteiger partial charge on any atom is -0.481 e. The van der Waals surface area contributed by atoms with E-state index in [9.17, 15) is 14.8 Å². The molecule has 3 aliphatic heterocycles. The number of nitrogens with zero attached hydrogens (tertiary/aromatic N) is 3. The third-order valence-electron chi connectivity index (χ3n) is 5.64. The van der Waals surface area contributed by atoms with E-state index in [1.807, 2.05) is 0 Å². The summed E-state index contributed by atoms with van der Waals surface area (Å²) in [7, 11) is 0. The van der Waals surface area contributed by atoms with E-state index in [0.29, 0.717) is 6.42 Å². The van der Waals surface area contributed by atoms with Gasteiger partial charge in [0.2, 0.25) is 0 Å². The molecular weight excluding hydrogens is 270 g/mol. The molecule has 0 aromatic heterocycles. The van der Waals surface area contributed by atoms with Gasteiger partial charge >= 0.3 is 5.97 Å². The molecule has 0 amide bonds. The maximum Gasteiger partial charge on any atom is 0.308 e. The van der Waals surface area contributed by atoms with E-state index in [2.05, 4.69) is 10.2 Å². The van der Waals surface area contributed by atoms with Crippen molar-refractivity contribution in [2.75, 3.05) is 19.6 Å². The fourth-order valence-corrected chi connectivity index (χ4v) is 4.62. The van der Waals surface area contributed by atoms with Crippen LogP contribution in [-0.2, 0) is 4.79 Å². The minimum absolute atomic E-state index is 0.140. The number of nitroso groups, excluding NO2 is 1. The van der Waals surface area contributed by atoms with Crippen molar-refractivity contribution in [1.82, 2.24) is 9.91 Å². The van der Waals surface area contributed by atoms with Crippen molar-refractivity contribution in [3.63, 3.8) is 0 Å². The molecule has 4 atom stereocenters. The second kappa shape index (κ2) is 6.30. The number of fused-ring (bicyclic) bond motifs is 1. The zero-order valence-electron chi connectivity index (χ0n) is 12.5. The standard InChI is InChI=1S/C15H25N3O3/c19-15(20)12-9-11(10-17-7-3-1-6-14(12)17)13-5-2-4-8-18(13)16-21/h11-14H,1-10H2,(H,19,20)/t11-,12+,13-,14+/m1/s1. The smallest absolute Gasteiger partial charge is 0.308 e. The van der Waals surface area contributed by atoms with Crippen LogP contribution < -0.4 is 0 Å². The first-order chi connectivity index (χ1) is 10.2. The largest absolute Gasteiger partial charge is 0.481 e. The highest BCUT2D eigenvalue weighted by atomic mass is 16.4. The van der Waals surface area contributed by atoms with Crippen LogP contribution in [0.25, 0.3) is 0 Å². The molecular formula is C15H25N3O3. The minimum atomic E-state index is -0.668. The van der Waals surface area contributed by atoms with Crippen LogP contribution in [0.4, 0.5) is 0 Å². The highest BCUT2D eigenvalue weighted by Gasteiger charge is 2.44. The van der Waals surface area contributed by atoms with Crippen LogP contribution in [0.1, 0.15) is 44.9 Å². The maximum absolute atomic E-state index is 11.7. The van der Waals surface area contributed by atoms with E-state index in [1.165, 1.54) is 0 Å². The summed E-state index contributed by atoms with van der Waals surface area (Å²) in [4.78, 5) is 25.1. The Hall–Kier alpha value is -1.17. The predicted molar refractivity (Wildman–Crippen MR) is 78.6 cm³/mol. The SMILES string of the molecule is O=NN1CCCC[C@@H]1[C@@H]1C[C@H](C(=O)O)[C@@H]2CCCCN2C1. The Morgan fingerprint density at radius 3 is 2.48 bits per heavy atom. The van der Waals surface area contributed by atoms with Gasteiger partial charge in [-0.05, 0) is 51.0 Å². The Morgan fingerprint density at radius 1 is 1.05 bits per heavy atom. The molecule has 6 heteroatoms. The van der Waals surface area contributed by atoms with Gasteiger partial charge in [-0.2, -0.15) is 0 Å². The molecule has 0 saturated carbocycles. The monoisotopic (exact) mass is 295 g/mol. The number of carboxylic acid groups (broad SMARTS) is 1. The fourth-order valence-electron chi connectivity index (χ4n) is 4.62. The van der Waals surface area contributed by atoms with E-state index >= 15 is 0 Å². The molecule has 1 N–H and O–H groups in total. The summed E-state index contributed by atoms with van der Waals surface area (Å²) in [6.07, 6.45) is 7.12. The highest BCUT2D eigenvalue weighted by molar-refractivity contribution is 5.71. The molecule has 6 nitrogen and oxygen atoms in total. The fraction of sp³-hybridized carbons (Fsp3) is 0.933. The van der Waals surface area contributed by atoms with Gasteiger partial charge in [0.05, 0.1) is 17.2 Å². The summed E-state index contributed by atoms with van der Waals surface area (Å²) >= 11 is 0. The molecule has 3 rings (SSSR count). The van der Waals surface area contributed by atoms with Crippen LogP contribution in [0, 0.1) is 16.7 Å². The molecule has 0 aromatic carbocycles. The van der Waals surface area contributed by atoms with Crippen molar-refractivity contribution in [2.45, 2.75) is 57.0 Å². The third-order valence-corrected chi connectivity index (χ3v) is 5.64. The Labute approximate surface area is 125 Å². The quantitative estimate of drug-likeness (QED) is 0.807. The second-order valence-electron chi connectivity index (χ2n) is 6.81. The zero-order chi connectivity index (χ0) is 14.8. The summed E-state index contributed by atoms with van der Waals surface area (Å²) in [5.41, 5.74) is 0. The van der Waals surface area contributed by atoms with E-state index in [0.717, 1.165) is 58.2 Å². The van der Waals surface area contributed by atoms with Gasteiger partial charge in [-0.1, -0.05) is 6.42 Å². The van der Waals surface area contributed by atoms with Gasteiger partial charge in [0.15, 0.2) is 0 Å². The van der Waals surface area contributed by atoms with Crippen molar-refractivity contribution in [3.8, 4) is 0 Å². The van der Waals surface area contributed by atoms with Gasteiger partial charge in [-0.3, -0.25) is 14.7 Å². The lowest BCUT2D eigenvalue weighted by molar-refractivity contribution is -0.149. The number of aliphatic carboxylic acids is 1. The number of hydrogen-bond acceptors (Lipinski definition) is 4. The molecule has 3 heterocycles. The molecule has 3 saturated heterocycles. The maximum atomic E-state index is 11.7. The Kier molecular flexibility index (Phi) is 4.42. The van der Waals surface area contributed by atoms with Crippen LogP contribution in [0.15, 0.2) is 5.29 Å². The second-order valence-corrected chi connectivity index (χ2v) is 6.81. The van der Waals surface area contributed by atoms with Crippen molar-refractivity contribution in [1.29, 1.82) is 0 Å². The van der Waals surface area contributed by atoms with Crippen LogP contribution >= 0.6 is 0 Å². The summed E-state index contributed by atoms with van der Waals surface area (Å²) in [5, 5.41) is 14.5. The van der Waals surface area contributed by atoms with Gasteiger partial charge in [-0.25, -0.2) is 0 Å². The van der Waals surface area contributed by atoms with Gasteiger partial charge < -0.3 is 5.11 Å². The summed E-state index contributed by atoms with van der Waals surface area (Å²) in [6.45, 7) is 2.67. The Balaban J connectivity index is 1.76. The van der Waals surface area contributed by atoms with Gasteiger partial charge in [0.25, 0.3) is 0 Å². The van der Waals surface area contributed by atoms with E-state index in [1.54, 1.807) is 5.01 Å². The third kappa shape index (κ3) is 2.91. The number of hydrogen-bond donors (Lipinski definition) is 1. The molecule has 118 valence electrons. The molecule has 0 unspecified atom stereocenters. The average Bonchev–Trinajstić information content (AvgIpc) is 2.53. The van der Waals surface area contributed by atoms with Gasteiger partial charge in [0.1, 0.15) is 0 Å². The van der Waals surface area contributed by atoms with Gasteiger partial charge in [0, 0.05) is 19.1 Å². The first-order valence-corrected chi connectivity index (χ1v) is 8.27. The number of rotatable bonds is 3. The van der Waals surface area contributed by atoms with E-state index < -0.39 is 5.97 Å². The highest BCUT2D eigenvalue weighted by Crippen LogP contribution is 2.38. The van der Waals surface area contributed by atoms with Crippen LogP contribution in [0.2, 0.25) is 0 Å². The van der Waals surface area contributed by atoms with Crippen LogP contribution in [-0.4, -0.2) is 52.7 Å². The Bertz CT molecular complexity index is 404. The van der Waals surface area contributed by atoms with Crippen LogP contribution in [0.3, 0.4) is 0 Å². The van der Waals surface area contributed by atoms with Crippen molar-refractivity contribution in [3.05, 3.63) is 4.91 Å². The number of carboxylic acids is 1. The van der Waals surface area contributed by atoms with E-state index in [4.69, 9.17) is 0 Å². The lowest BCUT2D eigenvalue weighted by Crippen LogP contribution is -2.57. The molecule has 0 aliphatic carbocycles. The van der Waals surface area contributed by atoms with Gasteiger partial charge in [-0.15, -0.1) is 4.91 Å². The Morgan fingerprint density at radius 2 is 1.76 bits per heavy atom. The zero-order valence-corrected chi connectivity index (χ0v) is 12.5. The van der Waals surface area contributed by atoms with Crippen molar-refractivity contribution in [2.24, 2.45) is 17.1 Å². The molecule has 21 heavy (non-hydrogen) atoms. The molecule has 0 aromatic rings. The first-order valence-electron chi connectivity index (χ1n) is 8.27. The molecule has 0 bridgehead atoms. The normalized spacial score (nSPS) is 37.8. The number of piperidine rings is 3. The van der Waals surface area contributed by atoms with Crippen molar-refractivity contribution >= 4 is 5.97 Å². The van der Waals surface area contributed by atoms with Crippen LogP contribution in [0.5, 0.6) is 0 Å². The lowest BCUT2D eigenvalue weighted by Gasteiger charge is -2.49. The predicted octanol–water partition coefficient (Wildman–Crippen LogP) is 2.10. The van der Waals surface area contributed by atoms with Crippen molar-refractivity contribution < 1.29 is 9.90 Å². The van der Waals surface area contributed by atoms with E-state index in [-0.39, 0.29) is 23.9 Å². The topological polar surface area (TPSA) is 73.2 Å². The summed E-state index contributed by atoms with van der Waals surface area (Å²) in [6, 6.07) is 0.342. The molecule has 0 radical (unpaired) electrons. The average molecular weight is 295 g/mol. The number of carbonyl (C=O) groups is 1. The molecule has 3 aliphatic rings. The summed E-state index contributed by atoms with van der Waals surface area (Å²) in [5.74, 6) is -0.684. The summed E-state index contributed by atoms with van der Waals surface area (Å²) < 4.78 is 0. The molecule has 3 fully saturated rings.